The molecule has 2 saturated heterocycles. The lowest BCUT2D eigenvalue weighted by Gasteiger charge is -2.36. The second kappa shape index (κ2) is 10.4. The summed E-state index contributed by atoms with van der Waals surface area (Å²) in [7, 11) is 0. The van der Waals surface area contributed by atoms with E-state index in [0.717, 1.165) is 64.3 Å². The minimum atomic E-state index is -0.545. The zero-order valence-electron chi connectivity index (χ0n) is 18.5. The summed E-state index contributed by atoms with van der Waals surface area (Å²) in [6.45, 7) is 7.17. The first kappa shape index (κ1) is 23.4. The largest absolute Gasteiger partial charge is 0.368 e. The van der Waals surface area contributed by atoms with Gasteiger partial charge in [0.1, 0.15) is 18.8 Å². The van der Waals surface area contributed by atoms with Gasteiger partial charge < -0.3 is 10.6 Å². The van der Waals surface area contributed by atoms with Crippen LogP contribution in [0.3, 0.4) is 0 Å². The number of nitrogens with one attached hydrogen (secondary N) is 1. The fraction of sp³-hybridized carbons (Fsp3) is 0.565. The highest BCUT2D eigenvalue weighted by Crippen LogP contribution is 2.35. The van der Waals surface area contributed by atoms with E-state index in [0.29, 0.717) is 20.5 Å². The molecule has 2 fully saturated rings. The number of fused-ring (bicyclic) bond motifs is 1. The van der Waals surface area contributed by atoms with Gasteiger partial charge in [0.25, 0.3) is 0 Å². The van der Waals surface area contributed by atoms with Crippen LogP contribution < -0.4 is 16.0 Å². The van der Waals surface area contributed by atoms with E-state index in [9.17, 15) is 4.79 Å². The molecule has 0 saturated carbocycles. The number of quaternary nitrogens is 1. The minimum absolute atomic E-state index is 0.545. The van der Waals surface area contributed by atoms with Gasteiger partial charge in [0.2, 0.25) is 0 Å². The summed E-state index contributed by atoms with van der Waals surface area (Å²) in [4.78, 5) is 16.1. The highest BCUT2D eigenvalue weighted by atomic mass is 35.5. The van der Waals surface area contributed by atoms with Crippen LogP contribution >= 0.6 is 23.2 Å². The zero-order chi connectivity index (χ0) is 22.6. The van der Waals surface area contributed by atoms with E-state index >= 15 is 0 Å². The summed E-state index contributed by atoms with van der Waals surface area (Å²) in [5.41, 5.74) is 7.64. The molecule has 0 aromatic heterocycles. The third kappa shape index (κ3) is 5.39. The number of nitrogens with zero attached hydrogens (tertiary/aromatic N) is 4. The molecule has 4 rings (SSSR count). The maximum Gasteiger partial charge on any atom is 0.317 e. The van der Waals surface area contributed by atoms with Crippen molar-refractivity contribution in [2.24, 2.45) is 10.8 Å². The summed E-state index contributed by atoms with van der Waals surface area (Å²) < 4.78 is 0.661. The Labute approximate surface area is 200 Å². The van der Waals surface area contributed by atoms with Crippen LogP contribution in [0, 0.1) is 0 Å². The van der Waals surface area contributed by atoms with Gasteiger partial charge in [-0.1, -0.05) is 34.4 Å². The van der Waals surface area contributed by atoms with Crippen LogP contribution in [-0.2, 0) is 0 Å². The first-order valence-electron chi connectivity index (χ1n) is 11.6. The second-order valence-electron chi connectivity index (χ2n) is 8.90. The molecule has 0 radical (unpaired) electrons. The normalized spacial score (nSPS) is 23.5. The number of anilines is 1. The first-order chi connectivity index (χ1) is 15.5. The number of primary amides is 1. The predicted molar refractivity (Wildman–Crippen MR) is 131 cm³/mol. The molecule has 0 aliphatic carbocycles. The fourth-order valence-corrected chi connectivity index (χ4v) is 5.47. The molecule has 3 heterocycles. The van der Waals surface area contributed by atoms with E-state index in [2.05, 4.69) is 15.1 Å². The Morgan fingerprint density at radius 3 is 2.72 bits per heavy atom. The summed E-state index contributed by atoms with van der Waals surface area (Å²) >= 11 is 12.6. The topological polar surface area (TPSA) is 74.0 Å². The number of rotatable bonds is 7. The molecule has 3 aliphatic rings. The maximum absolute atomic E-state index is 11.2. The molecule has 0 spiro atoms. The van der Waals surface area contributed by atoms with E-state index in [1.807, 2.05) is 24.3 Å². The van der Waals surface area contributed by atoms with Crippen molar-refractivity contribution in [1.82, 2.24) is 10.2 Å². The molecule has 9 heteroatoms. The number of carbonyl (C=O) groups excluding carboxylic acids is 1. The van der Waals surface area contributed by atoms with E-state index in [4.69, 9.17) is 34.0 Å². The summed E-state index contributed by atoms with van der Waals surface area (Å²) in [6.07, 6.45) is 8.94. The van der Waals surface area contributed by atoms with Crippen LogP contribution in [0.4, 0.5) is 10.5 Å². The molecule has 3 N–H and O–H groups in total. The lowest BCUT2D eigenvalue weighted by molar-refractivity contribution is -0.901. The Bertz CT molecular complexity index is 896. The molecule has 3 aliphatic heterocycles. The van der Waals surface area contributed by atoms with Crippen molar-refractivity contribution in [2.75, 3.05) is 50.7 Å². The number of amidine groups is 1. The van der Waals surface area contributed by atoms with Gasteiger partial charge in [-0.3, -0.25) is 10.2 Å². The SMILES string of the molecule is NC(=O)NC1=N[N+]2(CCCCCN3CCN(c4cccc(Cl)c4Cl)CC3)CCCCC2=C1. The van der Waals surface area contributed by atoms with E-state index in [1.165, 1.54) is 31.4 Å². The van der Waals surface area contributed by atoms with Gasteiger partial charge in [-0.15, -0.1) is 0 Å². The number of piperazine rings is 1. The molecule has 174 valence electrons. The van der Waals surface area contributed by atoms with Crippen molar-refractivity contribution in [3.05, 3.63) is 40.0 Å². The molecule has 1 aromatic carbocycles. The van der Waals surface area contributed by atoms with Crippen molar-refractivity contribution in [3.8, 4) is 0 Å². The highest BCUT2D eigenvalue weighted by molar-refractivity contribution is 6.43. The van der Waals surface area contributed by atoms with Gasteiger partial charge in [0, 0.05) is 38.7 Å². The average molecular weight is 480 g/mol. The lowest BCUT2D eigenvalue weighted by Crippen LogP contribution is -2.46. The molecule has 0 bridgehead atoms. The molecule has 1 unspecified atom stereocenters. The number of nitrogens with two attached hydrogens (primary N) is 1. The van der Waals surface area contributed by atoms with Crippen LogP contribution in [0.25, 0.3) is 0 Å². The smallest absolute Gasteiger partial charge is 0.317 e. The van der Waals surface area contributed by atoms with Crippen molar-refractivity contribution in [3.63, 3.8) is 0 Å². The minimum Gasteiger partial charge on any atom is -0.368 e. The highest BCUT2D eigenvalue weighted by Gasteiger charge is 2.40. The van der Waals surface area contributed by atoms with Crippen LogP contribution in [0.2, 0.25) is 10.0 Å². The Morgan fingerprint density at radius 1 is 1.12 bits per heavy atom. The number of hydrogen-bond acceptors (Lipinski definition) is 4. The number of piperidine rings is 1. The van der Waals surface area contributed by atoms with E-state index in [-0.39, 0.29) is 0 Å². The molecule has 2 amide bonds. The van der Waals surface area contributed by atoms with Gasteiger partial charge in [0.05, 0.1) is 15.7 Å². The average Bonchev–Trinajstić information content (AvgIpc) is 3.13. The molecule has 7 nitrogen and oxygen atoms in total. The number of allylic oxidation sites excluding steroid dienone is 1. The molecule has 32 heavy (non-hydrogen) atoms. The summed E-state index contributed by atoms with van der Waals surface area (Å²) in [6, 6.07) is 5.30. The van der Waals surface area contributed by atoms with Gasteiger partial charge >= 0.3 is 6.03 Å². The van der Waals surface area contributed by atoms with Gasteiger partial charge in [0.15, 0.2) is 5.84 Å². The summed E-state index contributed by atoms with van der Waals surface area (Å²) in [5.74, 6) is 0.618. The van der Waals surface area contributed by atoms with Crippen molar-refractivity contribution in [1.29, 1.82) is 0 Å². The number of hydrogen-bond donors (Lipinski definition) is 2. The standard InChI is InChI=1S/C23H32Cl2N6O/c24-19-8-6-9-20(22(19)25)30-13-11-29(12-14-30)10-3-1-4-15-31-16-5-2-7-18(31)17-21(28-31)27-23(26)32/h6,8-9,17H,1-5,7,10-16H2,(H2-,26,27,28,32)/p+1. The molecular weight excluding hydrogens is 447 g/mol. The van der Waals surface area contributed by atoms with Gasteiger partial charge in [-0.2, -0.15) is 4.59 Å². The van der Waals surface area contributed by atoms with Gasteiger partial charge in [-0.05, 0) is 50.8 Å². The van der Waals surface area contributed by atoms with Crippen LogP contribution in [0.5, 0.6) is 0 Å². The number of unbranched alkanes of at least 4 members (excludes halogenated alkanes) is 2. The Kier molecular flexibility index (Phi) is 7.61. The van der Waals surface area contributed by atoms with Crippen molar-refractivity contribution < 1.29 is 9.39 Å². The van der Waals surface area contributed by atoms with E-state index in [1.54, 1.807) is 0 Å². The first-order valence-corrected chi connectivity index (χ1v) is 12.4. The number of halogens is 2. The monoisotopic (exact) mass is 479 g/mol. The molecule has 1 atom stereocenters. The number of amides is 2. The quantitative estimate of drug-likeness (QED) is 0.455. The van der Waals surface area contributed by atoms with Gasteiger partial charge in [-0.25, -0.2) is 4.79 Å². The Balaban J connectivity index is 1.19. The number of carbonyl (C=O) groups is 1. The number of urea groups is 1. The maximum atomic E-state index is 11.2. The third-order valence-corrected chi connectivity index (χ3v) is 7.55. The predicted octanol–water partition coefficient (Wildman–Crippen LogP) is 4.17. The van der Waals surface area contributed by atoms with E-state index < -0.39 is 6.03 Å². The summed E-state index contributed by atoms with van der Waals surface area (Å²) in [5, 5.41) is 8.76. The van der Waals surface area contributed by atoms with Crippen LogP contribution in [-0.4, -0.2) is 67.2 Å². The third-order valence-electron chi connectivity index (χ3n) is 6.75. The second-order valence-corrected chi connectivity index (χ2v) is 9.68. The van der Waals surface area contributed by atoms with Crippen molar-refractivity contribution >= 4 is 40.8 Å². The fourth-order valence-electron chi connectivity index (χ4n) is 5.06. The lowest BCUT2D eigenvalue weighted by atomic mass is 10.1. The number of benzene rings is 1. The van der Waals surface area contributed by atoms with Crippen molar-refractivity contribution in [2.45, 2.75) is 38.5 Å². The Hall–Kier alpha value is -1.80. The van der Waals surface area contributed by atoms with Crippen LogP contribution in [0.1, 0.15) is 38.5 Å². The molecule has 1 aromatic rings. The Morgan fingerprint density at radius 2 is 1.94 bits per heavy atom. The molecular formula is C23H33Cl2N6O+. The van der Waals surface area contributed by atoms with Crippen LogP contribution in [0.15, 0.2) is 35.1 Å². The zero-order valence-corrected chi connectivity index (χ0v) is 20.0.